The largest absolute Gasteiger partial charge is 0.469 e. The van der Waals surface area contributed by atoms with E-state index in [2.05, 4.69) is 0 Å². The van der Waals surface area contributed by atoms with Crippen molar-refractivity contribution in [2.75, 3.05) is 20.3 Å². The van der Waals surface area contributed by atoms with Crippen LogP contribution < -0.4 is 0 Å². The lowest BCUT2D eigenvalue weighted by atomic mass is 9.92. The van der Waals surface area contributed by atoms with Gasteiger partial charge >= 0.3 is 5.97 Å². The minimum absolute atomic E-state index is 0.260. The van der Waals surface area contributed by atoms with E-state index in [9.17, 15) is 4.79 Å². The van der Waals surface area contributed by atoms with E-state index >= 15 is 0 Å². The molecule has 3 rings (SSSR count). The fourth-order valence-corrected chi connectivity index (χ4v) is 2.90. The highest BCUT2D eigenvalue weighted by Gasteiger charge is 2.40. The molecule has 0 N–H and O–H groups in total. The van der Waals surface area contributed by atoms with Crippen molar-refractivity contribution >= 4 is 5.97 Å². The molecule has 4 heteroatoms. The molecule has 1 aliphatic heterocycles. The highest BCUT2D eigenvalue weighted by molar-refractivity contribution is 5.77. The first-order chi connectivity index (χ1) is 12.2. The zero-order valence-corrected chi connectivity index (χ0v) is 15.3. The van der Waals surface area contributed by atoms with Gasteiger partial charge in [-0.2, -0.15) is 0 Å². The molecule has 0 spiro atoms. The van der Waals surface area contributed by atoms with Crippen LogP contribution in [0.2, 0.25) is 0 Å². The molecule has 0 radical (unpaired) electrons. The summed E-state index contributed by atoms with van der Waals surface area (Å²) < 4.78 is 16.8. The van der Waals surface area contributed by atoms with Gasteiger partial charge in [-0.15, -0.1) is 0 Å². The Morgan fingerprint density at radius 3 is 2.20 bits per heavy atom. The molecule has 0 saturated carbocycles. The summed E-state index contributed by atoms with van der Waals surface area (Å²) in [4.78, 5) is 11.8. The van der Waals surface area contributed by atoms with Gasteiger partial charge in [-0.25, -0.2) is 0 Å². The Balaban J connectivity index is 0.00000109. The second-order valence-corrected chi connectivity index (χ2v) is 5.55. The molecule has 0 amide bonds. The average molecular weight is 342 g/mol. The van der Waals surface area contributed by atoms with Gasteiger partial charge in [0.2, 0.25) is 5.79 Å². The second-order valence-electron chi connectivity index (χ2n) is 5.55. The number of methoxy groups -OCH3 is 1. The molecule has 0 aromatic heterocycles. The average Bonchev–Trinajstić information content (AvgIpc) is 3.20. The van der Waals surface area contributed by atoms with Gasteiger partial charge in [0.15, 0.2) is 0 Å². The minimum Gasteiger partial charge on any atom is -0.469 e. The Hall–Kier alpha value is -2.17. The summed E-state index contributed by atoms with van der Waals surface area (Å²) in [5, 5.41) is 0. The Labute approximate surface area is 149 Å². The first kappa shape index (κ1) is 19.2. The Morgan fingerprint density at radius 2 is 1.60 bits per heavy atom. The van der Waals surface area contributed by atoms with Crippen LogP contribution in [-0.4, -0.2) is 26.3 Å². The lowest BCUT2D eigenvalue weighted by Gasteiger charge is -2.29. The molecular weight excluding hydrogens is 316 g/mol. The van der Waals surface area contributed by atoms with Gasteiger partial charge in [0.05, 0.1) is 26.2 Å². The van der Waals surface area contributed by atoms with Crippen molar-refractivity contribution < 1.29 is 19.0 Å². The van der Waals surface area contributed by atoms with Crippen molar-refractivity contribution in [1.82, 2.24) is 0 Å². The van der Waals surface area contributed by atoms with Crippen LogP contribution in [-0.2, 0) is 24.8 Å². The molecule has 1 fully saturated rings. The Bertz CT molecular complexity index is 675. The van der Waals surface area contributed by atoms with Gasteiger partial charge in [0.1, 0.15) is 0 Å². The van der Waals surface area contributed by atoms with Crippen molar-refractivity contribution in [3.63, 3.8) is 0 Å². The molecule has 1 saturated heterocycles. The third kappa shape index (κ3) is 3.91. The lowest BCUT2D eigenvalue weighted by Crippen LogP contribution is -2.29. The fourth-order valence-electron chi connectivity index (χ4n) is 2.90. The number of hydrogen-bond acceptors (Lipinski definition) is 4. The molecule has 0 aliphatic carbocycles. The number of hydrogen-bond donors (Lipinski definition) is 0. The van der Waals surface area contributed by atoms with Crippen LogP contribution in [0.5, 0.6) is 0 Å². The molecule has 2 aromatic carbocycles. The summed E-state index contributed by atoms with van der Waals surface area (Å²) in [6.45, 7) is 6.90. The summed E-state index contributed by atoms with van der Waals surface area (Å²) >= 11 is 0. The molecule has 1 atom stereocenters. The van der Waals surface area contributed by atoms with E-state index in [-0.39, 0.29) is 11.9 Å². The summed E-state index contributed by atoms with van der Waals surface area (Å²) in [5.41, 5.74) is 2.71. The van der Waals surface area contributed by atoms with Gasteiger partial charge in [0.25, 0.3) is 0 Å². The van der Waals surface area contributed by atoms with Crippen LogP contribution in [0.3, 0.4) is 0 Å². The topological polar surface area (TPSA) is 44.8 Å². The van der Waals surface area contributed by atoms with E-state index in [1.54, 1.807) is 0 Å². The quantitative estimate of drug-likeness (QED) is 0.780. The first-order valence-electron chi connectivity index (χ1n) is 8.69. The third-order valence-electron chi connectivity index (χ3n) is 4.17. The zero-order valence-electron chi connectivity index (χ0n) is 15.3. The number of ether oxygens (including phenoxy) is 3. The van der Waals surface area contributed by atoms with Gasteiger partial charge in [-0.1, -0.05) is 62.4 Å². The molecule has 1 unspecified atom stereocenters. The molecule has 25 heavy (non-hydrogen) atoms. The summed E-state index contributed by atoms with van der Waals surface area (Å²) in [6.07, 6.45) is 0. The smallest absolute Gasteiger partial charge is 0.312 e. The number of carbonyl (C=O) groups excluding carboxylic acids is 1. The molecule has 1 heterocycles. The minimum atomic E-state index is -0.910. The number of esters is 1. The maximum absolute atomic E-state index is 11.8. The van der Waals surface area contributed by atoms with E-state index < -0.39 is 5.79 Å². The van der Waals surface area contributed by atoms with Crippen LogP contribution >= 0.6 is 0 Å². The van der Waals surface area contributed by atoms with Gasteiger partial charge in [-0.3, -0.25) is 4.79 Å². The van der Waals surface area contributed by atoms with E-state index in [0.29, 0.717) is 13.2 Å². The summed E-state index contributed by atoms with van der Waals surface area (Å²) in [7, 11) is 1.40. The SMILES string of the molecule is CC.COC(=O)C(C)c1cccc(C2(c3ccccc3)OCCO2)c1. The molecule has 134 valence electrons. The van der Waals surface area contributed by atoms with Gasteiger partial charge in [-0.05, 0) is 18.6 Å². The predicted octanol–water partition coefficient (Wildman–Crippen LogP) is 4.24. The monoisotopic (exact) mass is 342 g/mol. The van der Waals surface area contributed by atoms with Gasteiger partial charge in [0, 0.05) is 11.1 Å². The van der Waals surface area contributed by atoms with E-state index in [0.717, 1.165) is 16.7 Å². The van der Waals surface area contributed by atoms with Crippen molar-refractivity contribution in [2.24, 2.45) is 0 Å². The molecule has 1 aliphatic rings. The van der Waals surface area contributed by atoms with Crippen LogP contribution in [0.25, 0.3) is 0 Å². The molecule has 0 bridgehead atoms. The number of benzene rings is 2. The highest BCUT2D eigenvalue weighted by atomic mass is 16.7. The number of rotatable bonds is 4. The maximum Gasteiger partial charge on any atom is 0.312 e. The van der Waals surface area contributed by atoms with E-state index in [1.165, 1.54) is 7.11 Å². The number of carbonyl (C=O) groups is 1. The molecule has 4 nitrogen and oxygen atoms in total. The lowest BCUT2D eigenvalue weighted by molar-refractivity contribution is -0.142. The zero-order chi connectivity index (χ0) is 18.3. The first-order valence-corrected chi connectivity index (χ1v) is 8.69. The fraction of sp³-hybridized carbons (Fsp3) is 0.381. The third-order valence-corrected chi connectivity index (χ3v) is 4.17. The Kier molecular flexibility index (Phi) is 6.73. The van der Waals surface area contributed by atoms with Crippen molar-refractivity contribution in [1.29, 1.82) is 0 Å². The van der Waals surface area contributed by atoms with E-state index in [1.807, 2.05) is 75.4 Å². The van der Waals surface area contributed by atoms with Crippen LogP contribution in [0.4, 0.5) is 0 Å². The van der Waals surface area contributed by atoms with Crippen LogP contribution in [0, 0.1) is 0 Å². The normalized spacial score (nSPS) is 16.5. The Morgan fingerprint density at radius 1 is 1.00 bits per heavy atom. The predicted molar refractivity (Wildman–Crippen MR) is 97.3 cm³/mol. The highest BCUT2D eigenvalue weighted by Crippen LogP contribution is 2.39. The van der Waals surface area contributed by atoms with Crippen molar-refractivity contribution in [3.05, 3.63) is 71.3 Å². The summed E-state index contributed by atoms with van der Waals surface area (Å²) in [5.74, 6) is -1.51. The molecule has 2 aromatic rings. The van der Waals surface area contributed by atoms with Crippen molar-refractivity contribution in [2.45, 2.75) is 32.5 Å². The standard InChI is InChI=1S/C19H20O4.C2H6/c1-14(18(20)21-2)15-7-6-10-17(13-15)19(22-11-12-23-19)16-8-4-3-5-9-16;1-2/h3-10,13-14H,11-12H2,1-2H3;1-2H3. The molecular formula is C21H26O4. The van der Waals surface area contributed by atoms with Crippen molar-refractivity contribution in [3.8, 4) is 0 Å². The second kappa shape index (κ2) is 8.79. The summed E-state index contributed by atoms with van der Waals surface area (Å²) in [6, 6.07) is 17.6. The van der Waals surface area contributed by atoms with E-state index in [4.69, 9.17) is 14.2 Å². The van der Waals surface area contributed by atoms with Crippen LogP contribution in [0.15, 0.2) is 54.6 Å². The maximum atomic E-state index is 11.8. The van der Waals surface area contributed by atoms with Gasteiger partial charge < -0.3 is 14.2 Å². The van der Waals surface area contributed by atoms with Crippen LogP contribution in [0.1, 0.15) is 43.4 Å².